The second-order valence-electron chi connectivity index (χ2n) is 6.82. The van der Waals surface area contributed by atoms with Crippen molar-refractivity contribution < 1.29 is 33.1 Å². The third-order valence-electron chi connectivity index (χ3n) is 4.14. The maximum absolute atomic E-state index is 11.6. The smallest absolute Gasteiger partial charge is 0.858 e. The van der Waals surface area contributed by atoms with E-state index in [2.05, 4.69) is 38.8 Å². The van der Waals surface area contributed by atoms with Crippen LogP contribution in [0.2, 0.25) is 18.1 Å². The van der Waals surface area contributed by atoms with Gasteiger partial charge in [-0.3, -0.25) is 4.57 Å². The van der Waals surface area contributed by atoms with Gasteiger partial charge in [0.2, 0.25) is 4.77 Å². The van der Waals surface area contributed by atoms with Gasteiger partial charge in [0.25, 0.3) is 0 Å². The predicted molar refractivity (Wildman–Crippen MR) is 91.0 cm³/mol. The Morgan fingerprint density at radius 2 is 1.91 bits per heavy atom. The molecule has 1 aromatic heterocycles. The van der Waals surface area contributed by atoms with Crippen LogP contribution < -0.4 is 24.0 Å². The van der Waals surface area contributed by atoms with Gasteiger partial charge in [0.05, 0.1) is 13.2 Å². The molecular formula is C15H27LiN2O3SSi. The van der Waals surface area contributed by atoms with Crippen LogP contribution in [0.3, 0.4) is 0 Å². The van der Waals surface area contributed by atoms with Crippen LogP contribution in [0.5, 0.6) is 5.88 Å². The third-order valence-corrected chi connectivity index (χ3v) is 9.00. The topological polar surface area (TPSA) is 59.3 Å². The van der Waals surface area contributed by atoms with E-state index in [0.29, 0.717) is 31.9 Å². The van der Waals surface area contributed by atoms with Gasteiger partial charge in [-0.2, -0.15) is 0 Å². The number of nitrogens with zero attached hydrogens (tertiary/aromatic N) is 2. The summed E-state index contributed by atoms with van der Waals surface area (Å²) in [5.74, 6) is -0.245. The maximum Gasteiger partial charge on any atom is 1.00 e. The summed E-state index contributed by atoms with van der Waals surface area (Å²) in [6.07, 6.45) is 2.36. The Morgan fingerprint density at radius 1 is 1.30 bits per heavy atom. The van der Waals surface area contributed by atoms with E-state index in [-0.39, 0.29) is 34.5 Å². The molecule has 0 spiro atoms. The molecule has 8 heteroatoms. The molecule has 0 atom stereocenters. The maximum atomic E-state index is 11.6. The van der Waals surface area contributed by atoms with E-state index in [1.165, 1.54) is 0 Å². The van der Waals surface area contributed by atoms with Crippen molar-refractivity contribution in [3.05, 3.63) is 16.5 Å². The van der Waals surface area contributed by atoms with Gasteiger partial charge in [-0.15, -0.1) is 0 Å². The van der Waals surface area contributed by atoms with Crippen molar-refractivity contribution in [2.75, 3.05) is 13.2 Å². The molecule has 1 rings (SSSR count). The van der Waals surface area contributed by atoms with E-state index in [9.17, 15) is 5.11 Å². The summed E-state index contributed by atoms with van der Waals surface area (Å²) in [5.41, 5.74) is 0.648. The van der Waals surface area contributed by atoms with Gasteiger partial charge in [-0.1, -0.05) is 27.7 Å². The number of ether oxygens (including phenoxy) is 1. The van der Waals surface area contributed by atoms with Crippen molar-refractivity contribution in [3.8, 4) is 5.88 Å². The number of rotatable bonds is 7. The molecule has 0 bridgehead atoms. The van der Waals surface area contributed by atoms with Gasteiger partial charge in [0, 0.05) is 6.20 Å². The molecule has 126 valence electrons. The summed E-state index contributed by atoms with van der Waals surface area (Å²) in [6, 6.07) is 0. The molecule has 1 heterocycles. The predicted octanol–water partition coefficient (Wildman–Crippen LogP) is 0.248. The number of hydrogen-bond donors (Lipinski definition) is 0. The molecule has 5 nitrogen and oxygen atoms in total. The Hall–Kier alpha value is -0.166. The Balaban J connectivity index is 0.00000484. The fourth-order valence-corrected chi connectivity index (χ4v) is 2.81. The van der Waals surface area contributed by atoms with Crippen LogP contribution in [0.1, 0.15) is 33.3 Å². The summed E-state index contributed by atoms with van der Waals surface area (Å²) in [4.78, 5) is 3.83. The molecule has 0 N–H and O–H groups in total. The van der Waals surface area contributed by atoms with E-state index in [0.717, 1.165) is 0 Å². The van der Waals surface area contributed by atoms with E-state index in [4.69, 9.17) is 21.4 Å². The van der Waals surface area contributed by atoms with Crippen molar-refractivity contribution in [2.45, 2.75) is 59.0 Å². The SMILES string of the molecule is CCc1cn(COCCO[Si](C)(C)C(C)(C)C)c(=S)nc1[O-].[Li+]. The second-order valence-corrected chi connectivity index (χ2v) is 12.0. The Labute approximate surface area is 157 Å². The first-order valence-corrected chi connectivity index (χ1v) is 10.9. The van der Waals surface area contributed by atoms with Gasteiger partial charge in [-0.25, -0.2) is 4.98 Å². The van der Waals surface area contributed by atoms with Gasteiger partial charge in [-0.05, 0) is 48.2 Å². The minimum absolute atomic E-state index is 0. The van der Waals surface area contributed by atoms with E-state index >= 15 is 0 Å². The minimum atomic E-state index is -1.73. The summed E-state index contributed by atoms with van der Waals surface area (Å²) in [7, 11) is -1.73. The quantitative estimate of drug-likeness (QED) is 0.401. The molecule has 0 aliphatic carbocycles. The molecule has 23 heavy (non-hydrogen) atoms. The third kappa shape index (κ3) is 6.69. The summed E-state index contributed by atoms with van der Waals surface area (Å²) >= 11 is 5.08. The van der Waals surface area contributed by atoms with Crippen molar-refractivity contribution in [3.63, 3.8) is 0 Å². The zero-order valence-corrected chi connectivity index (χ0v) is 17.2. The molecular weight excluding hydrogens is 323 g/mol. The average Bonchev–Trinajstić information content (AvgIpc) is 2.39. The largest absolute Gasteiger partial charge is 1.00 e. The van der Waals surface area contributed by atoms with Crippen LogP contribution in [0, 0.1) is 4.77 Å². The zero-order chi connectivity index (χ0) is 17.0. The second kappa shape index (κ2) is 9.35. The van der Waals surface area contributed by atoms with E-state index in [1.807, 2.05) is 6.92 Å². The van der Waals surface area contributed by atoms with E-state index in [1.54, 1.807) is 10.8 Å². The molecule has 0 aliphatic heterocycles. The Bertz CT molecular complexity index is 559. The van der Waals surface area contributed by atoms with Crippen LogP contribution in [-0.4, -0.2) is 31.1 Å². The van der Waals surface area contributed by atoms with Crippen molar-refractivity contribution in [1.82, 2.24) is 9.55 Å². The van der Waals surface area contributed by atoms with Crippen molar-refractivity contribution in [1.29, 1.82) is 0 Å². The Kier molecular flexibility index (Phi) is 9.28. The molecule has 0 radical (unpaired) electrons. The van der Waals surface area contributed by atoms with E-state index < -0.39 is 8.32 Å². The molecule has 0 aliphatic rings. The molecule has 0 saturated heterocycles. The summed E-state index contributed by atoms with van der Waals surface area (Å²) in [6.45, 7) is 14.3. The summed E-state index contributed by atoms with van der Waals surface area (Å²) < 4.78 is 13.6. The molecule has 0 saturated carbocycles. The van der Waals surface area contributed by atoms with Gasteiger partial charge < -0.3 is 14.3 Å². The number of hydrogen-bond acceptors (Lipinski definition) is 5. The minimum Gasteiger partial charge on any atom is -0.858 e. The van der Waals surface area contributed by atoms with Crippen LogP contribution in [0.15, 0.2) is 6.20 Å². The molecule has 0 amide bonds. The Morgan fingerprint density at radius 3 is 2.43 bits per heavy atom. The summed E-state index contributed by atoms with van der Waals surface area (Å²) in [5, 5.41) is 11.8. The first-order valence-electron chi connectivity index (χ1n) is 7.57. The monoisotopic (exact) mass is 350 g/mol. The number of aryl methyl sites for hydroxylation is 1. The van der Waals surface area contributed by atoms with Crippen LogP contribution in [-0.2, 0) is 22.3 Å². The van der Waals surface area contributed by atoms with Gasteiger partial charge in [0.15, 0.2) is 8.32 Å². The van der Waals surface area contributed by atoms with Crippen LogP contribution >= 0.6 is 12.2 Å². The fourth-order valence-electron chi connectivity index (χ4n) is 1.59. The van der Waals surface area contributed by atoms with Gasteiger partial charge >= 0.3 is 18.9 Å². The van der Waals surface area contributed by atoms with Crippen molar-refractivity contribution >= 4 is 20.5 Å². The fraction of sp³-hybridized carbons (Fsp3) is 0.733. The van der Waals surface area contributed by atoms with Crippen molar-refractivity contribution in [2.24, 2.45) is 0 Å². The first-order chi connectivity index (χ1) is 10.1. The normalized spacial score (nSPS) is 12.1. The molecule has 0 fully saturated rings. The average molecular weight is 350 g/mol. The van der Waals surface area contributed by atoms with Gasteiger partial charge in [0.1, 0.15) is 6.73 Å². The zero-order valence-electron chi connectivity index (χ0n) is 15.4. The molecule has 0 unspecified atom stereocenters. The standard InChI is InChI=1S/C15H28N2O3SSi.Li/c1-7-12-10-17(14(21)16-13(12)18)11-19-8-9-20-22(5,6)15(2,3)4;/h10H,7-9,11H2,1-6H3,(H,16,18,21);/q;+1/p-1. The first kappa shape index (κ1) is 22.8. The van der Waals surface area contributed by atoms with Crippen LogP contribution in [0.25, 0.3) is 0 Å². The molecule has 1 aromatic rings. The molecule has 0 aromatic carbocycles. The van der Waals surface area contributed by atoms with Crippen LogP contribution in [0.4, 0.5) is 0 Å². The number of aromatic nitrogens is 2.